The lowest BCUT2D eigenvalue weighted by Crippen LogP contribution is -2.45. The van der Waals surface area contributed by atoms with Gasteiger partial charge in [-0.2, -0.15) is 13.9 Å². The first-order valence-electron chi connectivity index (χ1n) is 10.1. The Morgan fingerprint density at radius 1 is 1.44 bits per heavy atom. The Hall–Kier alpha value is -3.13. The van der Waals surface area contributed by atoms with Crippen molar-refractivity contribution < 1.29 is 27.5 Å². The molecule has 3 heterocycles. The number of halogens is 4. The molecule has 2 aromatic rings. The number of hydrogen-bond acceptors (Lipinski definition) is 3. The van der Waals surface area contributed by atoms with Crippen LogP contribution in [0.1, 0.15) is 36.7 Å². The number of hydrogen-bond donors (Lipinski definition) is 2. The molecule has 7 nitrogen and oxygen atoms in total. The molecule has 0 spiro atoms. The van der Waals surface area contributed by atoms with Crippen molar-refractivity contribution in [1.29, 1.82) is 0 Å². The number of benzene rings is 1. The number of aryl methyl sites for hydroxylation is 1. The van der Waals surface area contributed by atoms with Crippen LogP contribution in [0.3, 0.4) is 0 Å². The van der Waals surface area contributed by atoms with Crippen LogP contribution in [0.15, 0.2) is 18.2 Å². The number of nitrogens with one attached hydrogen (secondary N) is 1. The second-order valence-corrected chi connectivity index (χ2v) is 8.38. The molecule has 2 aliphatic heterocycles. The van der Waals surface area contributed by atoms with Gasteiger partial charge < -0.3 is 15.3 Å². The van der Waals surface area contributed by atoms with Gasteiger partial charge >= 0.3 is 6.03 Å². The van der Waals surface area contributed by atoms with Gasteiger partial charge in [-0.1, -0.05) is 0 Å². The van der Waals surface area contributed by atoms with Gasteiger partial charge in [-0.25, -0.2) is 18.4 Å². The van der Waals surface area contributed by atoms with Crippen LogP contribution in [0.25, 0.3) is 4.85 Å². The number of anilines is 1. The minimum Gasteiger partial charge on any atom is -0.387 e. The monoisotopic (exact) mass is 451 g/mol. The number of amides is 2. The first-order valence-corrected chi connectivity index (χ1v) is 10.1. The summed E-state index contributed by atoms with van der Waals surface area (Å²) in [6, 6.07) is 2.60. The lowest BCUT2D eigenvalue weighted by Gasteiger charge is -2.34. The number of nitrogens with zero attached hydrogens (tertiary/aromatic N) is 4. The Morgan fingerprint density at radius 3 is 2.88 bits per heavy atom. The molecular formula is C21H21F4N5O2. The van der Waals surface area contributed by atoms with E-state index in [1.54, 1.807) is 6.92 Å². The zero-order valence-electron chi connectivity index (χ0n) is 17.2. The predicted molar refractivity (Wildman–Crippen MR) is 107 cm³/mol. The summed E-state index contributed by atoms with van der Waals surface area (Å²) >= 11 is 0. The zero-order chi connectivity index (χ0) is 23.3. The molecule has 4 rings (SSSR count). The Kier molecular flexibility index (Phi) is 5.36. The molecule has 2 N–H and O–H groups in total. The van der Waals surface area contributed by atoms with Gasteiger partial charge in [-0.05, 0) is 31.5 Å². The highest BCUT2D eigenvalue weighted by Crippen LogP contribution is 2.44. The van der Waals surface area contributed by atoms with Gasteiger partial charge in [0.05, 0.1) is 18.8 Å². The highest BCUT2D eigenvalue weighted by Gasteiger charge is 2.50. The molecular weight excluding hydrogens is 430 g/mol. The largest absolute Gasteiger partial charge is 0.387 e. The quantitative estimate of drug-likeness (QED) is 0.533. The van der Waals surface area contributed by atoms with E-state index < -0.39 is 42.2 Å². The summed E-state index contributed by atoms with van der Waals surface area (Å²) in [5.41, 5.74) is -1.96. The molecule has 0 bridgehead atoms. The van der Waals surface area contributed by atoms with Gasteiger partial charge in [-0.15, -0.1) is 0 Å². The molecule has 2 aliphatic rings. The number of aliphatic hydroxyl groups is 1. The van der Waals surface area contributed by atoms with Gasteiger partial charge in [0, 0.05) is 36.7 Å². The molecule has 32 heavy (non-hydrogen) atoms. The van der Waals surface area contributed by atoms with E-state index in [0.717, 1.165) is 10.7 Å². The molecule has 0 aliphatic carbocycles. The van der Waals surface area contributed by atoms with Gasteiger partial charge in [0.25, 0.3) is 5.92 Å². The second kappa shape index (κ2) is 7.78. The van der Waals surface area contributed by atoms with E-state index in [1.165, 1.54) is 17.0 Å². The fourth-order valence-corrected chi connectivity index (χ4v) is 4.32. The Bertz CT molecular complexity index is 1110. The molecule has 1 aromatic carbocycles. The molecule has 0 radical (unpaired) electrons. The molecule has 0 fully saturated rings. The van der Waals surface area contributed by atoms with E-state index in [1.807, 2.05) is 0 Å². The number of aromatic nitrogens is 2. The first kappa shape index (κ1) is 22.1. The topological polar surface area (TPSA) is 74.8 Å². The van der Waals surface area contributed by atoms with Gasteiger partial charge in [0.2, 0.25) is 5.69 Å². The van der Waals surface area contributed by atoms with E-state index in [0.29, 0.717) is 5.69 Å². The van der Waals surface area contributed by atoms with Crippen LogP contribution < -0.4 is 5.32 Å². The molecule has 11 heteroatoms. The maximum Gasteiger partial charge on any atom is 0.322 e. The van der Waals surface area contributed by atoms with Crippen molar-refractivity contribution >= 4 is 17.4 Å². The average molecular weight is 451 g/mol. The van der Waals surface area contributed by atoms with E-state index >= 15 is 8.78 Å². The lowest BCUT2D eigenvalue weighted by atomic mass is 9.91. The van der Waals surface area contributed by atoms with E-state index in [2.05, 4.69) is 15.3 Å². The molecule has 0 saturated heterocycles. The minimum atomic E-state index is -3.53. The lowest BCUT2D eigenvalue weighted by molar-refractivity contribution is -0.102. The summed E-state index contributed by atoms with van der Waals surface area (Å²) in [7, 11) is 0. The first-order chi connectivity index (χ1) is 15.1. The van der Waals surface area contributed by atoms with E-state index in [9.17, 15) is 18.7 Å². The second-order valence-electron chi connectivity index (χ2n) is 8.38. The summed E-state index contributed by atoms with van der Waals surface area (Å²) in [4.78, 5) is 17.3. The van der Waals surface area contributed by atoms with Gasteiger partial charge in [0.1, 0.15) is 23.8 Å². The van der Waals surface area contributed by atoms with Crippen LogP contribution in [0.4, 0.5) is 33.7 Å². The summed E-state index contributed by atoms with van der Waals surface area (Å²) < 4.78 is 58.1. The highest BCUT2D eigenvalue weighted by molar-refractivity contribution is 5.90. The third-order valence-corrected chi connectivity index (χ3v) is 6.00. The van der Waals surface area contributed by atoms with E-state index in [-0.39, 0.29) is 48.9 Å². The number of urea groups is 1. The maximum atomic E-state index is 15.1. The van der Waals surface area contributed by atoms with Gasteiger partial charge in [-0.3, -0.25) is 4.68 Å². The third-order valence-electron chi connectivity index (χ3n) is 6.00. The molecule has 2 amide bonds. The number of alkyl halides is 3. The van der Waals surface area contributed by atoms with E-state index in [4.69, 9.17) is 6.57 Å². The van der Waals surface area contributed by atoms with Crippen LogP contribution in [0, 0.1) is 12.4 Å². The number of carbonyl (C=O) groups excluding carboxylic acids is 1. The smallest absolute Gasteiger partial charge is 0.322 e. The highest BCUT2D eigenvalue weighted by atomic mass is 19.3. The number of rotatable bonds is 2. The number of fused-ring (bicyclic) bond motifs is 3. The van der Waals surface area contributed by atoms with Crippen molar-refractivity contribution in [3.05, 3.63) is 52.4 Å². The zero-order valence-corrected chi connectivity index (χ0v) is 17.2. The van der Waals surface area contributed by atoms with Gasteiger partial charge in [0.15, 0.2) is 0 Å². The minimum absolute atomic E-state index is 0.0616. The fourth-order valence-electron chi connectivity index (χ4n) is 4.32. The van der Waals surface area contributed by atoms with Crippen molar-refractivity contribution in [2.45, 2.75) is 56.8 Å². The van der Waals surface area contributed by atoms with Crippen molar-refractivity contribution in [3.8, 4) is 0 Å². The molecule has 1 aromatic heterocycles. The molecule has 170 valence electrons. The summed E-state index contributed by atoms with van der Waals surface area (Å²) in [5.74, 6) is -4.24. The maximum absolute atomic E-state index is 15.1. The Morgan fingerprint density at radius 2 is 2.19 bits per heavy atom. The SMILES string of the molecule is [C-]#[N+]c1cc(NC(=O)N2Cc3c(nn4c3C(F)(F)C[C@@](O)(CF)CC4)C[C@H]2C)ccc1F. The predicted octanol–water partition coefficient (Wildman–Crippen LogP) is 4.14. The molecule has 0 saturated carbocycles. The fraction of sp³-hybridized carbons (Fsp3) is 0.476. The standard InChI is InChI=1S/C21H21F4N5O2/c1-12-7-16-14(18-21(24,25)10-20(32,11-22)5-6-30(18)28-16)9-29(12)19(31)27-13-3-4-15(23)17(8-13)26-2/h3-4,8,12,32H,5-7,9-11H2,1H3,(H,27,31)/t12-,20-/m1/s1. The van der Waals surface area contributed by atoms with Crippen molar-refractivity contribution in [2.24, 2.45) is 0 Å². The van der Waals surface area contributed by atoms with Crippen LogP contribution in [0.2, 0.25) is 0 Å². The van der Waals surface area contributed by atoms with Crippen molar-refractivity contribution in [2.75, 3.05) is 12.0 Å². The number of carbonyl (C=O) groups is 1. The third kappa shape index (κ3) is 3.79. The van der Waals surface area contributed by atoms with Crippen LogP contribution >= 0.6 is 0 Å². The summed E-state index contributed by atoms with van der Waals surface area (Å²) in [6.07, 6.45) is -1.02. The summed E-state index contributed by atoms with van der Waals surface area (Å²) in [5, 5.41) is 17.0. The Labute approximate surface area is 181 Å². The van der Waals surface area contributed by atoms with Crippen molar-refractivity contribution in [3.63, 3.8) is 0 Å². The summed E-state index contributed by atoms with van der Waals surface area (Å²) in [6.45, 7) is 7.23. The van der Waals surface area contributed by atoms with Crippen LogP contribution in [-0.2, 0) is 25.4 Å². The molecule has 2 atom stereocenters. The Balaban J connectivity index is 1.62. The van der Waals surface area contributed by atoms with Crippen molar-refractivity contribution in [1.82, 2.24) is 14.7 Å². The molecule has 0 unspecified atom stereocenters. The van der Waals surface area contributed by atoms with Crippen LogP contribution in [0.5, 0.6) is 0 Å². The van der Waals surface area contributed by atoms with Crippen LogP contribution in [-0.4, -0.2) is 44.1 Å². The average Bonchev–Trinajstić information content (AvgIpc) is 3.06. The normalized spacial score (nSPS) is 24.2.